The average molecular weight is 360 g/mol. The number of carbonyl (C=O) groups excluding carboxylic acids is 1. The van der Waals surface area contributed by atoms with Crippen molar-refractivity contribution >= 4 is 17.5 Å². The van der Waals surface area contributed by atoms with Crippen LogP contribution in [0.2, 0.25) is 0 Å². The molecule has 0 spiro atoms. The summed E-state index contributed by atoms with van der Waals surface area (Å²) in [6, 6.07) is 5.02. The Balaban J connectivity index is 1.92. The number of nitrogens with zero attached hydrogens (tertiary/aromatic N) is 5. The summed E-state index contributed by atoms with van der Waals surface area (Å²) in [5.41, 5.74) is 6.55. The maximum atomic E-state index is 12.8. The molecule has 0 atom stereocenters. The van der Waals surface area contributed by atoms with Gasteiger partial charge in [0.15, 0.2) is 11.4 Å². The minimum absolute atomic E-state index is 0.0644. The van der Waals surface area contributed by atoms with E-state index in [0.29, 0.717) is 43.5 Å². The third-order valence-corrected chi connectivity index (χ3v) is 3.73. The van der Waals surface area contributed by atoms with Crippen molar-refractivity contribution in [2.75, 3.05) is 46.3 Å². The minimum Gasteiger partial charge on any atom is -0.461 e. The first-order chi connectivity index (χ1) is 12.6. The number of carbonyl (C=O) groups is 1. The van der Waals surface area contributed by atoms with Gasteiger partial charge in [0.2, 0.25) is 11.8 Å². The standard InChI is InChI=1S/C16H20N6O4/c1-24-8-5-21(6-9-25-2)15(23)11-10-13-19-14(12-4-3-7-26-12)20-22(13)16(17)18-11/h3-4,7,10H,5-6,8-9H2,1-2H3,(H2,17,18). The molecule has 0 aliphatic heterocycles. The Kier molecular flexibility index (Phi) is 5.44. The molecule has 1 amide bonds. The van der Waals surface area contributed by atoms with Crippen LogP contribution < -0.4 is 5.73 Å². The number of hydrogen-bond acceptors (Lipinski definition) is 8. The van der Waals surface area contributed by atoms with E-state index < -0.39 is 0 Å². The monoisotopic (exact) mass is 360 g/mol. The predicted molar refractivity (Wildman–Crippen MR) is 92.6 cm³/mol. The third kappa shape index (κ3) is 3.65. The van der Waals surface area contributed by atoms with Crippen LogP contribution in [0.15, 0.2) is 28.9 Å². The van der Waals surface area contributed by atoms with Crippen LogP contribution in [0, 0.1) is 0 Å². The molecule has 0 radical (unpaired) electrons. The molecule has 0 fully saturated rings. The zero-order valence-corrected chi connectivity index (χ0v) is 14.6. The lowest BCUT2D eigenvalue weighted by molar-refractivity contribution is 0.0622. The van der Waals surface area contributed by atoms with Crippen molar-refractivity contribution in [3.8, 4) is 11.6 Å². The first-order valence-electron chi connectivity index (χ1n) is 7.98. The number of rotatable bonds is 8. The van der Waals surface area contributed by atoms with Crippen molar-refractivity contribution in [3.05, 3.63) is 30.2 Å². The topological polar surface area (TPSA) is 121 Å². The Bertz CT molecular complexity index is 868. The van der Waals surface area contributed by atoms with Crippen molar-refractivity contribution < 1.29 is 18.7 Å². The van der Waals surface area contributed by atoms with Gasteiger partial charge in [-0.05, 0) is 12.1 Å². The molecule has 3 aromatic rings. The van der Waals surface area contributed by atoms with Crippen LogP contribution in [0.3, 0.4) is 0 Å². The SMILES string of the molecule is COCCN(CCOC)C(=O)c1cc2nc(-c3ccco3)nn2c(N)n1. The highest BCUT2D eigenvalue weighted by atomic mass is 16.5. The molecule has 26 heavy (non-hydrogen) atoms. The number of ether oxygens (including phenoxy) is 2. The van der Waals surface area contributed by atoms with Crippen molar-refractivity contribution in [3.63, 3.8) is 0 Å². The van der Waals surface area contributed by atoms with E-state index in [-0.39, 0.29) is 17.5 Å². The van der Waals surface area contributed by atoms with Crippen LogP contribution in [0.5, 0.6) is 0 Å². The summed E-state index contributed by atoms with van der Waals surface area (Å²) in [5.74, 6) is 0.650. The highest BCUT2D eigenvalue weighted by molar-refractivity contribution is 5.93. The Labute approximate surface area is 149 Å². The zero-order chi connectivity index (χ0) is 18.5. The number of methoxy groups -OCH3 is 2. The molecular formula is C16H20N6O4. The van der Waals surface area contributed by atoms with Crippen LogP contribution in [0.25, 0.3) is 17.2 Å². The van der Waals surface area contributed by atoms with Crippen molar-refractivity contribution in [1.29, 1.82) is 0 Å². The first-order valence-corrected chi connectivity index (χ1v) is 7.98. The van der Waals surface area contributed by atoms with E-state index in [4.69, 9.17) is 19.6 Å². The zero-order valence-electron chi connectivity index (χ0n) is 14.6. The molecule has 0 unspecified atom stereocenters. The Morgan fingerprint density at radius 1 is 1.27 bits per heavy atom. The Hall–Kier alpha value is -2.98. The molecular weight excluding hydrogens is 340 g/mol. The second-order valence-corrected chi connectivity index (χ2v) is 5.46. The van der Waals surface area contributed by atoms with Crippen LogP contribution in [0.4, 0.5) is 5.95 Å². The number of furan rings is 1. The maximum absolute atomic E-state index is 12.8. The molecule has 10 heteroatoms. The Morgan fingerprint density at radius 3 is 2.62 bits per heavy atom. The van der Waals surface area contributed by atoms with E-state index in [2.05, 4.69) is 15.1 Å². The van der Waals surface area contributed by atoms with Crippen molar-refractivity contribution in [2.45, 2.75) is 0 Å². The van der Waals surface area contributed by atoms with E-state index in [1.165, 1.54) is 10.8 Å². The smallest absolute Gasteiger partial charge is 0.272 e. The molecule has 10 nitrogen and oxygen atoms in total. The van der Waals surface area contributed by atoms with Gasteiger partial charge in [-0.25, -0.2) is 9.97 Å². The second kappa shape index (κ2) is 7.93. The molecule has 3 heterocycles. The lowest BCUT2D eigenvalue weighted by Gasteiger charge is -2.21. The number of nitrogen functional groups attached to an aromatic ring is 1. The molecule has 3 aromatic heterocycles. The number of amides is 1. The van der Waals surface area contributed by atoms with Crippen LogP contribution >= 0.6 is 0 Å². The molecule has 0 saturated heterocycles. The summed E-state index contributed by atoms with van der Waals surface area (Å²) in [5, 5.41) is 4.26. The van der Waals surface area contributed by atoms with Crippen molar-refractivity contribution in [2.24, 2.45) is 0 Å². The second-order valence-electron chi connectivity index (χ2n) is 5.46. The lowest BCUT2D eigenvalue weighted by atomic mass is 10.3. The van der Waals surface area contributed by atoms with Crippen LogP contribution in [-0.4, -0.2) is 70.9 Å². The summed E-state index contributed by atoms with van der Waals surface area (Å²) >= 11 is 0. The van der Waals surface area contributed by atoms with Gasteiger partial charge in [0.05, 0.1) is 19.5 Å². The molecule has 0 aliphatic rings. The fourth-order valence-corrected chi connectivity index (χ4v) is 2.41. The molecule has 2 N–H and O–H groups in total. The first kappa shape index (κ1) is 17.8. The molecule has 0 saturated carbocycles. The minimum atomic E-state index is -0.282. The third-order valence-electron chi connectivity index (χ3n) is 3.73. The van der Waals surface area contributed by atoms with Gasteiger partial charge in [-0.1, -0.05) is 0 Å². The van der Waals surface area contributed by atoms with Gasteiger partial charge in [-0.2, -0.15) is 4.52 Å². The Morgan fingerprint density at radius 2 is 2.00 bits per heavy atom. The van der Waals surface area contributed by atoms with E-state index in [9.17, 15) is 4.79 Å². The van der Waals surface area contributed by atoms with Crippen molar-refractivity contribution in [1.82, 2.24) is 24.5 Å². The summed E-state index contributed by atoms with van der Waals surface area (Å²) < 4.78 is 16.8. The summed E-state index contributed by atoms with van der Waals surface area (Å²) in [6.07, 6.45) is 1.53. The highest BCUT2D eigenvalue weighted by Gasteiger charge is 2.20. The molecule has 0 bridgehead atoms. The van der Waals surface area contributed by atoms with Gasteiger partial charge in [0.25, 0.3) is 5.91 Å². The fourth-order valence-electron chi connectivity index (χ4n) is 2.41. The van der Waals surface area contributed by atoms with Gasteiger partial charge in [-0.15, -0.1) is 5.10 Å². The summed E-state index contributed by atoms with van der Waals surface area (Å²) in [7, 11) is 3.15. The number of nitrogens with two attached hydrogens (primary N) is 1. The van der Waals surface area contributed by atoms with Gasteiger partial charge in [-0.3, -0.25) is 4.79 Å². The maximum Gasteiger partial charge on any atom is 0.272 e. The van der Waals surface area contributed by atoms with Gasteiger partial charge in [0, 0.05) is 33.4 Å². The van der Waals surface area contributed by atoms with Gasteiger partial charge >= 0.3 is 0 Å². The van der Waals surface area contributed by atoms with Gasteiger partial charge in [0.1, 0.15) is 5.69 Å². The van der Waals surface area contributed by atoms with E-state index in [0.717, 1.165) is 0 Å². The molecule has 0 aromatic carbocycles. The van der Waals surface area contributed by atoms with E-state index in [1.54, 1.807) is 37.3 Å². The molecule has 3 rings (SSSR count). The number of aromatic nitrogens is 4. The van der Waals surface area contributed by atoms with Gasteiger partial charge < -0.3 is 24.5 Å². The summed E-state index contributed by atoms with van der Waals surface area (Å²) in [4.78, 5) is 22.9. The number of fused-ring (bicyclic) bond motifs is 1. The van der Waals surface area contributed by atoms with Crippen LogP contribution in [-0.2, 0) is 9.47 Å². The number of anilines is 1. The lowest BCUT2D eigenvalue weighted by Crippen LogP contribution is -2.37. The van der Waals surface area contributed by atoms with E-state index in [1.807, 2.05) is 0 Å². The number of hydrogen-bond donors (Lipinski definition) is 1. The predicted octanol–water partition coefficient (Wildman–Crippen LogP) is 0.702. The summed E-state index contributed by atoms with van der Waals surface area (Å²) in [6.45, 7) is 1.63. The molecule has 0 aliphatic carbocycles. The highest BCUT2D eigenvalue weighted by Crippen LogP contribution is 2.18. The average Bonchev–Trinajstić information content (AvgIpc) is 3.30. The quantitative estimate of drug-likeness (QED) is 0.623. The van der Waals surface area contributed by atoms with Crippen LogP contribution in [0.1, 0.15) is 10.5 Å². The largest absolute Gasteiger partial charge is 0.461 e. The molecule has 138 valence electrons. The van der Waals surface area contributed by atoms with E-state index >= 15 is 0 Å². The normalized spacial score (nSPS) is 11.2. The fraction of sp³-hybridized carbons (Fsp3) is 0.375.